The first-order valence-corrected chi connectivity index (χ1v) is 10.2. The summed E-state index contributed by atoms with van der Waals surface area (Å²) in [5, 5.41) is 14.8. The molecular weight excluding hydrogens is 387 g/mol. The van der Waals surface area contributed by atoms with Gasteiger partial charge in [0.25, 0.3) is 0 Å². The van der Waals surface area contributed by atoms with Gasteiger partial charge in [-0.25, -0.2) is 14.1 Å². The monoisotopic (exact) mass is 412 g/mol. The third kappa shape index (κ3) is 4.14. The van der Waals surface area contributed by atoms with E-state index in [0.717, 1.165) is 22.5 Å². The van der Waals surface area contributed by atoms with Crippen LogP contribution in [0.3, 0.4) is 0 Å². The summed E-state index contributed by atoms with van der Waals surface area (Å²) in [6.07, 6.45) is 3.94. The maximum Gasteiger partial charge on any atom is 0.308 e. The summed E-state index contributed by atoms with van der Waals surface area (Å²) in [5.74, 6) is 0.194. The van der Waals surface area contributed by atoms with Crippen LogP contribution in [0, 0.1) is 5.82 Å². The number of aromatic amines is 1. The van der Waals surface area contributed by atoms with Gasteiger partial charge in [0.1, 0.15) is 11.9 Å². The molecule has 4 rings (SSSR count). The molecule has 158 valence electrons. The predicted molar refractivity (Wildman–Crippen MR) is 109 cm³/mol. The topological polar surface area (TPSA) is 93.0 Å². The van der Waals surface area contributed by atoms with Gasteiger partial charge in [-0.1, -0.05) is 13.8 Å². The molecule has 1 aromatic carbocycles. The number of H-pyrrole nitrogens is 1. The average molecular weight is 412 g/mol. The number of aliphatic hydroxyl groups excluding tert-OH is 1. The highest BCUT2D eigenvalue weighted by Crippen LogP contribution is 2.34. The van der Waals surface area contributed by atoms with E-state index in [1.165, 1.54) is 12.1 Å². The lowest BCUT2D eigenvalue weighted by atomic mass is 9.93. The van der Waals surface area contributed by atoms with Crippen LogP contribution < -0.4 is 0 Å². The van der Waals surface area contributed by atoms with Crippen molar-refractivity contribution in [2.24, 2.45) is 0 Å². The number of carbonyl (C=O) groups is 1. The second-order valence-corrected chi connectivity index (χ2v) is 7.97. The van der Waals surface area contributed by atoms with E-state index in [0.29, 0.717) is 25.1 Å². The molecule has 1 aliphatic rings. The molecule has 2 atom stereocenters. The van der Waals surface area contributed by atoms with E-state index >= 15 is 0 Å². The third-order valence-electron chi connectivity index (χ3n) is 5.34. The van der Waals surface area contributed by atoms with Gasteiger partial charge in [-0.3, -0.25) is 4.79 Å². The SMILES string of the molecule is CC(C)c1nn(-c2cnc[nH]2)c(-c2ccc(F)cc2)c1CC[C@H]1C[C@H](O)CC(=O)O1. The number of halogens is 1. The molecule has 0 saturated carbocycles. The molecule has 1 fully saturated rings. The summed E-state index contributed by atoms with van der Waals surface area (Å²) in [6, 6.07) is 6.32. The van der Waals surface area contributed by atoms with Crippen molar-refractivity contribution in [3.05, 3.63) is 53.9 Å². The number of imidazole rings is 1. The van der Waals surface area contributed by atoms with Crippen LogP contribution in [0.1, 0.15) is 50.3 Å². The Morgan fingerprint density at radius 1 is 1.33 bits per heavy atom. The smallest absolute Gasteiger partial charge is 0.308 e. The van der Waals surface area contributed by atoms with E-state index in [1.54, 1.807) is 29.3 Å². The second-order valence-electron chi connectivity index (χ2n) is 7.97. The minimum atomic E-state index is -0.662. The minimum Gasteiger partial charge on any atom is -0.462 e. The van der Waals surface area contributed by atoms with Crippen LogP contribution >= 0.6 is 0 Å². The summed E-state index contributed by atoms with van der Waals surface area (Å²) >= 11 is 0. The van der Waals surface area contributed by atoms with Gasteiger partial charge in [0.2, 0.25) is 0 Å². The first-order valence-electron chi connectivity index (χ1n) is 10.2. The quantitative estimate of drug-likeness (QED) is 0.604. The summed E-state index contributed by atoms with van der Waals surface area (Å²) < 4.78 is 20.8. The first kappa shape index (κ1) is 20.3. The number of aliphatic hydroxyl groups is 1. The van der Waals surface area contributed by atoms with Gasteiger partial charge in [0.05, 0.1) is 36.4 Å². The number of benzene rings is 1. The molecule has 0 unspecified atom stereocenters. The van der Waals surface area contributed by atoms with Crippen molar-refractivity contribution < 1.29 is 19.0 Å². The van der Waals surface area contributed by atoms with Crippen molar-refractivity contribution in [2.75, 3.05) is 0 Å². The number of ether oxygens (including phenoxy) is 1. The van der Waals surface area contributed by atoms with Crippen molar-refractivity contribution in [1.29, 1.82) is 0 Å². The number of nitrogens with one attached hydrogen (secondary N) is 1. The summed E-state index contributed by atoms with van der Waals surface area (Å²) in [6.45, 7) is 4.14. The highest BCUT2D eigenvalue weighted by molar-refractivity contribution is 5.71. The normalized spacial score (nSPS) is 19.3. The molecule has 0 radical (unpaired) electrons. The highest BCUT2D eigenvalue weighted by Gasteiger charge is 2.29. The summed E-state index contributed by atoms with van der Waals surface area (Å²) in [5.41, 5.74) is 3.63. The van der Waals surface area contributed by atoms with Crippen LogP contribution in [-0.4, -0.2) is 43.0 Å². The lowest BCUT2D eigenvalue weighted by Gasteiger charge is -2.26. The van der Waals surface area contributed by atoms with Crippen molar-refractivity contribution in [3.8, 4) is 17.1 Å². The minimum absolute atomic E-state index is 0.0479. The largest absolute Gasteiger partial charge is 0.462 e. The Morgan fingerprint density at radius 3 is 2.73 bits per heavy atom. The fraction of sp³-hybridized carbons (Fsp3) is 0.409. The Morgan fingerprint density at radius 2 is 2.10 bits per heavy atom. The van der Waals surface area contributed by atoms with E-state index in [1.807, 2.05) is 0 Å². The van der Waals surface area contributed by atoms with Crippen molar-refractivity contribution in [2.45, 2.75) is 57.7 Å². The molecule has 2 aromatic heterocycles. The zero-order chi connectivity index (χ0) is 21.3. The number of hydrogen-bond acceptors (Lipinski definition) is 5. The van der Waals surface area contributed by atoms with Gasteiger partial charge in [-0.2, -0.15) is 5.10 Å². The average Bonchev–Trinajstić information content (AvgIpc) is 3.34. The molecule has 8 heteroatoms. The molecule has 3 heterocycles. The van der Waals surface area contributed by atoms with E-state index < -0.39 is 6.10 Å². The molecular formula is C22H25FN4O3. The Labute approximate surface area is 173 Å². The van der Waals surface area contributed by atoms with Gasteiger partial charge in [0, 0.05) is 17.5 Å². The number of carbonyl (C=O) groups excluding carboxylic acids is 1. The van der Waals surface area contributed by atoms with Crippen molar-refractivity contribution in [3.63, 3.8) is 0 Å². The number of nitrogens with zero attached hydrogens (tertiary/aromatic N) is 3. The lowest BCUT2D eigenvalue weighted by Crippen LogP contribution is -2.32. The Kier molecular flexibility index (Phi) is 5.67. The molecule has 0 amide bonds. The van der Waals surface area contributed by atoms with Gasteiger partial charge in [-0.05, 0) is 43.0 Å². The molecule has 1 saturated heterocycles. The first-order chi connectivity index (χ1) is 14.4. The van der Waals surface area contributed by atoms with Gasteiger partial charge >= 0.3 is 5.97 Å². The van der Waals surface area contributed by atoms with Crippen LogP contribution in [-0.2, 0) is 16.0 Å². The van der Waals surface area contributed by atoms with E-state index in [4.69, 9.17) is 9.84 Å². The number of aromatic nitrogens is 4. The van der Waals surface area contributed by atoms with Crippen LogP contribution in [0.15, 0.2) is 36.8 Å². The zero-order valence-corrected chi connectivity index (χ0v) is 17.0. The fourth-order valence-electron chi connectivity index (χ4n) is 3.96. The maximum absolute atomic E-state index is 13.6. The second kappa shape index (κ2) is 8.39. The molecule has 0 spiro atoms. The standard InChI is InChI=1S/C22H25FN4O3/c1-13(2)21-18(8-7-17-9-16(28)10-20(29)30-17)22(14-3-5-15(23)6-4-14)27(26-21)19-11-24-12-25-19/h3-6,11-13,16-17,28H,7-10H2,1-2H3,(H,24,25)/t16-,17-/m0/s1. The molecule has 1 aliphatic heterocycles. The van der Waals surface area contributed by atoms with E-state index in [2.05, 4.69) is 23.8 Å². The molecule has 3 aromatic rings. The maximum atomic E-state index is 13.6. The molecule has 2 N–H and O–H groups in total. The predicted octanol–water partition coefficient (Wildman–Crippen LogP) is 3.52. The van der Waals surface area contributed by atoms with Crippen LogP contribution in [0.5, 0.6) is 0 Å². The highest BCUT2D eigenvalue weighted by atomic mass is 19.1. The fourth-order valence-corrected chi connectivity index (χ4v) is 3.96. The molecule has 0 aliphatic carbocycles. The third-order valence-corrected chi connectivity index (χ3v) is 5.34. The van der Waals surface area contributed by atoms with E-state index in [9.17, 15) is 14.3 Å². The molecule has 30 heavy (non-hydrogen) atoms. The van der Waals surface area contributed by atoms with Crippen LogP contribution in [0.4, 0.5) is 4.39 Å². The summed E-state index contributed by atoms with van der Waals surface area (Å²) in [4.78, 5) is 18.9. The van der Waals surface area contributed by atoms with Gasteiger partial charge in [0.15, 0.2) is 5.82 Å². The zero-order valence-electron chi connectivity index (χ0n) is 17.0. The molecule has 7 nitrogen and oxygen atoms in total. The molecule has 0 bridgehead atoms. The Balaban J connectivity index is 1.75. The van der Waals surface area contributed by atoms with Crippen molar-refractivity contribution >= 4 is 5.97 Å². The Bertz CT molecular complexity index is 1010. The number of rotatable bonds is 6. The van der Waals surface area contributed by atoms with E-state index in [-0.39, 0.29) is 30.2 Å². The number of cyclic esters (lactones) is 1. The van der Waals surface area contributed by atoms with Gasteiger partial charge < -0.3 is 14.8 Å². The van der Waals surface area contributed by atoms with Gasteiger partial charge in [-0.15, -0.1) is 0 Å². The number of esters is 1. The lowest BCUT2D eigenvalue weighted by molar-refractivity contribution is -0.160. The van der Waals surface area contributed by atoms with Crippen LogP contribution in [0.2, 0.25) is 0 Å². The summed E-state index contributed by atoms with van der Waals surface area (Å²) in [7, 11) is 0. The Hall–Kier alpha value is -3.00. The van der Waals surface area contributed by atoms with Crippen molar-refractivity contribution in [1.82, 2.24) is 19.7 Å². The number of hydrogen-bond donors (Lipinski definition) is 2. The van der Waals surface area contributed by atoms with Crippen LogP contribution in [0.25, 0.3) is 17.1 Å².